The predicted molar refractivity (Wildman–Crippen MR) is 101 cm³/mol. The van der Waals surface area contributed by atoms with E-state index in [0.717, 1.165) is 22.7 Å². The lowest BCUT2D eigenvalue weighted by atomic mass is 10.1. The molecular formula is C18H12ClFN2O4S. The topological polar surface area (TPSA) is 80.5 Å². The molecule has 0 N–H and O–H groups in total. The van der Waals surface area contributed by atoms with Crippen molar-refractivity contribution < 1.29 is 18.9 Å². The lowest BCUT2D eigenvalue weighted by molar-refractivity contribution is -0.385. The second-order valence-electron chi connectivity index (χ2n) is 5.81. The Hall–Kier alpha value is -2.71. The van der Waals surface area contributed by atoms with Gasteiger partial charge >= 0.3 is 0 Å². The summed E-state index contributed by atoms with van der Waals surface area (Å²) >= 11 is 6.69. The van der Waals surface area contributed by atoms with E-state index in [1.54, 1.807) is 19.1 Å². The van der Waals surface area contributed by atoms with Crippen LogP contribution in [0.1, 0.15) is 16.7 Å². The first-order chi connectivity index (χ1) is 12.8. The average molecular weight is 407 g/mol. The largest absolute Gasteiger partial charge is 0.293 e. The summed E-state index contributed by atoms with van der Waals surface area (Å²) in [6, 6.07) is 8.27. The van der Waals surface area contributed by atoms with Crippen molar-refractivity contribution in [2.24, 2.45) is 0 Å². The number of nitro benzene ring substituents is 1. The zero-order chi connectivity index (χ0) is 19.7. The molecule has 1 saturated heterocycles. The van der Waals surface area contributed by atoms with Crippen molar-refractivity contribution in [2.75, 3.05) is 0 Å². The molecule has 0 spiro atoms. The van der Waals surface area contributed by atoms with Crippen LogP contribution in [0.15, 0.2) is 41.3 Å². The van der Waals surface area contributed by atoms with Crippen molar-refractivity contribution in [1.82, 2.24) is 4.90 Å². The molecule has 0 atom stereocenters. The Balaban J connectivity index is 1.86. The van der Waals surface area contributed by atoms with Gasteiger partial charge in [0, 0.05) is 16.7 Å². The molecule has 3 rings (SSSR count). The van der Waals surface area contributed by atoms with E-state index in [9.17, 15) is 24.1 Å². The first kappa shape index (κ1) is 19.1. The van der Waals surface area contributed by atoms with Crippen LogP contribution in [0.3, 0.4) is 0 Å². The summed E-state index contributed by atoms with van der Waals surface area (Å²) in [4.78, 5) is 36.4. The maximum absolute atomic E-state index is 13.1. The number of halogens is 2. The third kappa shape index (κ3) is 4.01. The van der Waals surface area contributed by atoms with Gasteiger partial charge < -0.3 is 0 Å². The molecule has 138 valence electrons. The summed E-state index contributed by atoms with van der Waals surface area (Å²) in [6.07, 6.45) is 1.43. The van der Waals surface area contributed by atoms with E-state index in [4.69, 9.17) is 11.6 Å². The standard InChI is InChI=1S/C18H12ClFN2O4S/c1-10-2-3-11(6-15(10)22(25)26)7-16-17(23)21(18(24)27-16)9-12-4-5-13(20)8-14(12)19/h2-8H,9H2,1H3/b16-7-. The van der Waals surface area contributed by atoms with Crippen molar-refractivity contribution in [3.63, 3.8) is 0 Å². The first-order valence-corrected chi connectivity index (χ1v) is 8.90. The second kappa shape index (κ2) is 7.50. The molecule has 1 aliphatic rings. The maximum atomic E-state index is 13.1. The summed E-state index contributed by atoms with van der Waals surface area (Å²) in [7, 11) is 0. The molecule has 1 aliphatic heterocycles. The van der Waals surface area contributed by atoms with E-state index in [1.807, 2.05) is 0 Å². The minimum Gasteiger partial charge on any atom is -0.268 e. The molecule has 0 bridgehead atoms. The van der Waals surface area contributed by atoms with Gasteiger partial charge in [0.1, 0.15) is 5.82 Å². The van der Waals surface area contributed by atoms with E-state index in [1.165, 1.54) is 24.3 Å². The molecule has 6 nitrogen and oxygen atoms in total. The van der Waals surface area contributed by atoms with Gasteiger partial charge in [-0.2, -0.15) is 0 Å². The summed E-state index contributed by atoms with van der Waals surface area (Å²) < 4.78 is 13.1. The van der Waals surface area contributed by atoms with E-state index < -0.39 is 21.9 Å². The molecule has 0 radical (unpaired) electrons. The Morgan fingerprint density at radius 2 is 2.00 bits per heavy atom. The Bertz CT molecular complexity index is 1010. The fourth-order valence-corrected chi connectivity index (χ4v) is 3.59. The van der Waals surface area contributed by atoms with E-state index in [-0.39, 0.29) is 22.2 Å². The van der Waals surface area contributed by atoms with Crippen LogP contribution in [0.5, 0.6) is 0 Å². The average Bonchev–Trinajstić information content (AvgIpc) is 2.86. The zero-order valence-electron chi connectivity index (χ0n) is 13.9. The van der Waals surface area contributed by atoms with Crippen molar-refractivity contribution in [1.29, 1.82) is 0 Å². The Morgan fingerprint density at radius 3 is 2.67 bits per heavy atom. The van der Waals surface area contributed by atoms with Crippen molar-refractivity contribution in [3.8, 4) is 0 Å². The Morgan fingerprint density at radius 1 is 1.26 bits per heavy atom. The highest BCUT2D eigenvalue weighted by Crippen LogP contribution is 2.34. The summed E-state index contributed by atoms with van der Waals surface area (Å²) in [5, 5.41) is 10.7. The van der Waals surface area contributed by atoms with Crippen LogP contribution < -0.4 is 0 Å². The molecular weight excluding hydrogens is 395 g/mol. The number of nitro groups is 1. The number of rotatable bonds is 4. The van der Waals surface area contributed by atoms with Crippen LogP contribution in [0, 0.1) is 22.9 Å². The van der Waals surface area contributed by atoms with Gasteiger partial charge in [0.25, 0.3) is 16.8 Å². The fourth-order valence-electron chi connectivity index (χ4n) is 2.52. The van der Waals surface area contributed by atoms with E-state index in [0.29, 0.717) is 16.7 Å². The van der Waals surface area contributed by atoms with Gasteiger partial charge in [-0.05, 0) is 48.0 Å². The summed E-state index contributed by atoms with van der Waals surface area (Å²) in [5.74, 6) is -1.05. The van der Waals surface area contributed by atoms with Crippen molar-refractivity contribution in [3.05, 3.63) is 78.9 Å². The molecule has 1 heterocycles. The number of amides is 2. The van der Waals surface area contributed by atoms with Gasteiger partial charge in [0.15, 0.2) is 0 Å². The molecule has 2 amide bonds. The van der Waals surface area contributed by atoms with Crippen LogP contribution in [-0.2, 0) is 11.3 Å². The maximum Gasteiger partial charge on any atom is 0.293 e. The van der Waals surface area contributed by atoms with Crippen LogP contribution in [0.25, 0.3) is 6.08 Å². The third-order valence-corrected chi connectivity index (χ3v) is 5.20. The molecule has 0 unspecified atom stereocenters. The highest BCUT2D eigenvalue weighted by molar-refractivity contribution is 8.18. The van der Waals surface area contributed by atoms with Crippen molar-refractivity contribution in [2.45, 2.75) is 13.5 Å². The monoisotopic (exact) mass is 406 g/mol. The fraction of sp³-hybridized carbons (Fsp3) is 0.111. The molecule has 27 heavy (non-hydrogen) atoms. The molecule has 2 aromatic rings. The van der Waals surface area contributed by atoms with Crippen LogP contribution >= 0.6 is 23.4 Å². The number of carbonyl (C=O) groups is 2. The lowest BCUT2D eigenvalue weighted by Gasteiger charge is -2.13. The normalized spacial score (nSPS) is 15.7. The molecule has 1 fully saturated rings. The summed E-state index contributed by atoms with van der Waals surface area (Å²) in [5.41, 5.74) is 1.31. The Kier molecular flexibility index (Phi) is 5.29. The number of nitrogens with zero attached hydrogens (tertiary/aromatic N) is 2. The lowest BCUT2D eigenvalue weighted by Crippen LogP contribution is -2.27. The number of hydrogen-bond acceptors (Lipinski definition) is 5. The summed E-state index contributed by atoms with van der Waals surface area (Å²) in [6.45, 7) is 1.53. The van der Waals surface area contributed by atoms with Crippen LogP contribution in [-0.4, -0.2) is 21.0 Å². The molecule has 0 aromatic heterocycles. The van der Waals surface area contributed by atoms with Gasteiger partial charge in [-0.15, -0.1) is 0 Å². The number of carbonyl (C=O) groups excluding carboxylic acids is 2. The number of hydrogen-bond donors (Lipinski definition) is 0. The second-order valence-corrected chi connectivity index (χ2v) is 7.21. The van der Waals surface area contributed by atoms with E-state index in [2.05, 4.69) is 0 Å². The molecule has 2 aromatic carbocycles. The van der Waals surface area contributed by atoms with Crippen molar-refractivity contribution >= 4 is 46.3 Å². The van der Waals surface area contributed by atoms with Gasteiger partial charge in [0.2, 0.25) is 0 Å². The number of thioether (sulfide) groups is 1. The number of aryl methyl sites for hydroxylation is 1. The van der Waals surface area contributed by atoms with Gasteiger partial charge in [-0.1, -0.05) is 29.8 Å². The number of imide groups is 1. The predicted octanol–water partition coefficient (Wildman–Crippen LogP) is 4.93. The van der Waals surface area contributed by atoms with Gasteiger partial charge in [-0.25, -0.2) is 4.39 Å². The van der Waals surface area contributed by atoms with Crippen LogP contribution in [0.4, 0.5) is 14.9 Å². The highest BCUT2D eigenvalue weighted by atomic mass is 35.5. The molecule has 0 saturated carbocycles. The first-order valence-electron chi connectivity index (χ1n) is 7.70. The molecule has 0 aliphatic carbocycles. The quantitative estimate of drug-likeness (QED) is 0.408. The minimum atomic E-state index is -0.534. The SMILES string of the molecule is Cc1ccc(/C=C2\SC(=O)N(Cc3ccc(F)cc3Cl)C2=O)cc1[N+](=O)[O-]. The zero-order valence-corrected chi connectivity index (χ0v) is 15.5. The molecule has 9 heteroatoms. The van der Waals surface area contributed by atoms with Gasteiger partial charge in [-0.3, -0.25) is 24.6 Å². The number of benzene rings is 2. The van der Waals surface area contributed by atoms with Crippen LogP contribution in [0.2, 0.25) is 5.02 Å². The smallest absolute Gasteiger partial charge is 0.268 e. The van der Waals surface area contributed by atoms with E-state index >= 15 is 0 Å². The van der Waals surface area contributed by atoms with Gasteiger partial charge in [0.05, 0.1) is 16.4 Å². The Labute approximate surface area is 162 Å². The third-order valence-electron chi connectivity index (χ3n) is 3.94. The minimum absolute atomic E-state index is 0.0685. The highest BCUT2D eigenvalue weighted by Gasteiger charge is 2.35.